The van der Waals surface area contributed by atoms with E-state index in [9.17, 15) is 8.42 Å². The maximum Gasteiger partial charge on any atom is 0.263 e. The number of benzene rings is 1. The highest BCUT2D eigenvalue weighted by Crippen LogP contribution is 2.26. The number of sulfonamides is 1. The van der Waals surface area contributed by atoms with E-state index in [2.05, 4.69) is 4.72 Å². The first-order chi connectivity index (χ1) is 8.95. The molecule has 0 aliphatic carbocycles. The topological polar surface area (TPSA) is 66.4 Å². The first kappa shape index (κ1) is 14.0. The van der Waals surface area contributed by atoms with Crippen LogP contribution in [0.3, 0.4) is 0 Å². The third kappa shape index (κ3) is 2.80. The minimum atomic E-state index is -3.65. The molecule has 102 valence electrons. The average molecular weight is 297 g/mol. The van der Waals surface area contributed by atoms with E-state index in [1.807, 2.05) is 19.9 Å². The van der Waals surface area contributed by atoms with Crippen LogP contribution < -0.4 is 4.72 Å². The quantitative estimate of drug-likeness (QED) is 0.911. The van der Waals surface area contributed by atoms with Gasteiger partial charge in [0.15, 0.2) is 0 Å². The number of thiophene rings is 1. The zero-order chi connectivity index (χ0) is 14.0. The number of aryl methyl sites for hydroxylation is 1. The minimum absolute atomic E-state index is 0.140. The fourth-order valence-electron chi connectivity index (χ4n) is 1.75. The molecular weight excluding hydrogens is 282 g/mol. The first-order valence-electron chi connectivity index (χ1n) is 5.72. The van der Waals surface area contributed by atoms with Crippen molar-refractivity contribution in [2.75, 3.05) is 4.72 Å². The number of anilines is 1. The van der Waals surface area contributed by atoms with E-state index in [0.29, 0.717) is 10.6 Å². The van der Waals surface area contributed by atoms with Crippen LogP contribution >= 0.6 is 11.3 Å². The molecule has 0 spiro atoms. The van der Waals surface area contributed by atoms with Gasteiger partial charge in [0, 0.05) is 0 Å². The van der Waals surface area contributed by atoms with Gasteiger partial charge < -0.3 is 5.11 Å². The second-order valence-electron chi connectivity index (χ2n) is 4.22. The molecule has 2 rings (SSSR count). The van der Waals surface area contributed by atoms with Gasteiger partial charge in [-0.3, -0.25) is 4.72 Å². The zero-order valence-electron chi connectivity index (χ0n) is 10.7. The van der Waals surface area contributed by atoms with Crippen LogP contribution in [-0.2, 0) is 16.6 Å². The molecule has 2 N–H and O–H groups in total. The van der Waals surface area contributed by atoms with Crippen LogP contribution in [0.5, 0.6) is 0 Å². The highest BCUT2D eigenvalue weighted by molar-refractivity contribution is 7.93. The number of aliphatic hydroxyl groups excluding tert-OH is 1. The Balaban J connectivity index is 2.40. The molecule has 0 fully saturated rings. The van der Waals surface area contributed by atoms with Crippen molar-refractivity contribution in [3.63, 3.8) is 0 Å². The molecule has 0 atom stereocenters. The van der Waals surface area contributed by atoms with Crippen molar-refractivity contribution in [3.05, 3.63) is 45.6 Å². The fraction of sp³-hybridized carbons (Fsp3) is 0.231. The average Bonchev–Trinajstić information content (AvgIpc) is 2.84. The first-order valence-corrected chi connectivity index (χ1v) is 8.08. The predicted octanol–water partition coefficient (Wildman–Crippen LogP) is 2.66. The molecule has 6 heteroatoms. The third-order valence-electron chi connectivity index (χ3n) is 2.99. The highest BCUT2D eigenvalue weighted by atomic mass is 32.2. The molecule has 0 saturated heterocycles. The van der Waals surface area contributed by atoms with Crippen LogP contribution in [0.15, 0.2) is 34.5 Å². The molecule has 2 aromatic rings. The van der Waals surface area contributed by atoms with Crippen molar-refractivity contribution in [3.8, 4) is 0 Å². The molecule has 0 bridgehead atoms. The number of rotatable bonds is 4. The Morgan fingerprint density at radius 1 is 1.26 bits per heavy atom. The predicted molar refractivity (Wildman–Crippen MR) is 77.0 cm³/mol. The zero-order valence-corrected chi connectivity index (χ0v) is 12.3. The molecule has 0 radical (unpaired) electrons. The van der Waals surface area contributed by atoms with Crippen molar-refractivity contribution in [2.45, 2.75) is 25.3 Å². The molecule has 4 nitrogen and oxygen atoms in total. The Morgan fingerprint density at radius 3 is 2.68 bits per heavy atom. The van der Waals surface area contributed by atoms with Crippen molar-refractivity contribution in [1.29, 1.82) is 0 Å². The summed E-state index contributed by atoms with van der Waals surface area (Å²) < 4.78 is 27.2. The molecule has 0 unspecified atom stereocenters. The molecule has 0 aliphatic rings. The summed E-state index contributed by atoms with van der Waals surface area (Å²) in [5.41, 5.74) is 2.48. The lowest BCUT2D eigenvalue weighted by Crippen LogP contribution is -2.14. The van der Waals surface area contributed by atoms with E-state index in [4.69, 9.17) is 5.11 Å². The normalized spacial score (nSPS) is 11.5. The molecule has 19 heavy (non-hydrogen) atoms. The van der Waals surface area contributed by atoms with E-state index in [1.165, 1.54) is 17.4 Å². The summed E-state index contributed by atoms with van der Waals surface area (Å²) in [6, 6.07) is 6.96. The Bertz CT molecular complexity index is 690. The van der Waals surface area contributed by atoms with Crippen molar-refractivity contribution >= 4 is 27.0 Å². The summed E-state index contributed by atoms with van der Waals surface area (Å²) in [4.78, 5) is 0.582. The lowest BCUT2D eigenvalue weighted by atomic mass is 10.1. The van der Waals surface area contributed by atoms with Gasteiger partial charge in [0.25, 0.3) is 10.0 Å². The maximum absolute atomic E-state index is 12.3. The van der Waals surface area contributed by atoms with Gasteiger partial charge in [-0.25, -0.2) is 8.42 Å². The molecule has 0 saturated carbocycles. The maximum atomic E-state index is 12.3. The van der Waals surface area contributed by atoms with E-state index in [1.54, 1.807) is 17.5 Å². The summed E-state index contributed by atoms with van der Waals surface area (Å²) in [5.74, 6) is 0. The lowest BCUT2D eigenvalue weighted by molar-refractivity contribution is 0.282. The molecule has 1 heterocycles. The van der Waals surface area contributed by atoms with E-state index in [0.717, 1.165) is 11.1 Å². The molecule has 1 aromatic heterocycles. The van der Waals surface area contributed by atoms with Gasteiger partial charge in [-0.15, -0.1) is 11.3 Å². The second kappa shape index (κ2) is 5.32. The van der Waals surface area contributed by atoms with Gasteiger partial charge in [0.1, 0.15) is 4.90 Å². The second-order valence-corrected chi connectivity index (χ2v) is 6.87. The molecular formula is C13H15NO3S2. The Kier molecular flexibility index (Phi) is 3.93. The van der Waals surface area contributed by atoms with E-state index >= 15 is 0 Å². The molecule has 0 amide bonds. The monoisotopic (exact) mass is 297 g/mol. The largest absolute Gasteiger partial charge is 0.391 e. The van der Waals surface area contributed by atoms with Gasteiger partial charge in [0.2, 0.25) is 0 Å². The van der Waals surface area contributed by atoms with Crippen molar-refractivity contribution in [2.24, 2.45) is 0 Å². The SMILES string of the molecule is Cc1cccc(NS(=O)(=O)c2ccsc2CO)c1C. The van der Waals surface area contributed by atoms with Crippen LogP contribution in [0.25, 0.3) is 0 Å². The summed E-state index contributed by atoms with van der Waals surface area (Å²) in [5, 5.41) is 10.8. The number of nitrogens with one attached hydrogen (secondary N) is 1. The Labute approximate surface area is 116 Å². The highest BCUT2D eigenvalue weighted by Gasteiger charge is 2.20. The van der Waals surface area contributed by atoms with Gasteiger partial charge in [-0.2, -0.15) is 0 Å². The lowest BCUT2D eigenvalue weighted by Gasteiger charge is -2.12. The standard InChI is InChI=1S/C13H15NO3S2/c1-9-4-3-5-11(10(9)2)14-19(16,17)13-6-7-18-12(13)8-15/h3-7,14-15H,8H2,1-2H3. The van der Waals surface area contributed by atoms with Crippen molar-refractivity contribution in [1.82, 2.24) is 0 Å². The third-order valence-corrected chi connectivity index (χ3v) is 5.47. The Hall–Kier alpha value is -1.37. The van der Waals surface area contributed by atoms with Crippen LogP contribution in [0, 0.1) is 13.8 Å². The van der Waals surface area contributed by atoms with E-state index < -0.39 is 10.0 Å². The smallest absolute Gasteiger partial charge is 0.263 e. The minimum Gasteiger partial charge on any atom is -0.391 e. The number of aliphatic hydroxyl groups is 1. The molecule has 0 aliphatic heterocycles. The summed E-state index contributed by atoms with van der Waals surface area (Å²) in [7, 11) is -3.65. The van der Waals surface area contributed by atoms with Crippen LogP contribution in [-0.4, -0.2) is 13.5 Å². The van der Waals surface area contributed by atoms with Crippen LogP contribution in [0.1, 0.15) is 16.0 Å². The summed E-state index contributed by atoms with van der Waals surface area (Å²) in [6.45, 7) is 3.52. The van der Waals surface area contributed by atoms with Gasteiger partial charge in [-0.05, 0) is 42.5 Å². The van der Waals surface area contributed by atoms with Gasteiger partial charge in [-0.1, -0.05) is 12.1 Å². The summed E-state index contributed by atoms with van der Waals surface area (Å²) >= 11 is 1.23. The van der Waals surface area contributed by atoms with Crippen molar-refractivity contribution < 1.29 is 13.5 Å². The van der Waals surface area contributed by atoms with Gasteiger partial charge >= 0.3 is 0 Å². The van der Waals surface area contributed by atoms with Gasteiger partial charge in [0.05, 0.1) is 17.2 Å². The Morgan fingerprint density at radius 2 is 2.00 bits per heavy atom. The summed E-state index contributed by atoms with van der Waals surface area (Å²) in [6.07, 6.45) is 0. The van der Waals surface area contributed by atoms with E-state index in [-0.39, 0.29) is 11.5 Å². The number of hydrogen-bond donors (Lipinski definition) is 2. The molecule has 1 aromatic carbocycles. The van der Waals surface area contributed by atoms with Crippen LogP contribution in [0.2, 0.25) is 0 Å². The fourth-order valence-corrected chi connectivity index (χ4v) is 4.16. The van der Waals surface area contributed by atoms with Crippen LogP contribution in [0.4, 0.5) is 5.69 Å². The number of hydrogen-bond acceptors (Lipinski definition) is 4.